The fourth-order valence-corrected chi connectivity index (χ4v) is 3.07. The molecule has 0 aliphatic carbocycles. The van der Waals surface area contributed by atoms with Crippen molar-refractivity contribution in [3.05, 3.63) is 59.9 Å². The number of anilines is 2. The van der Waals surface area contributed by atoms with E-state index in [-0.39, 0.29) is 24.0 Å². The number of piperazine rings is 1. The largest absolute Gasteiger partial charge is 0.418 e. The van der Waals surface area contributed by atoms with E-state index in [0.717, 1.165) is 6.07 Å². The first-order valence-corrected chi connectivity index (χ1v) is 8.53. The zero-order chi connectivity index (χ0) is 19.4. The van der Waals surface area contributed by atoms with Crippen LogP contribution < -0.4 is 10.2 Å². The number of nitrogens with one attached hydrogen (secondary N) is 1. The lowest BCUT2D eigenvalue weighted by atomic mass is 10.1. The molecule has 0 radical (unpaired) electrons. The van der Waals surface area contributed by atoms with E-state index in [2.05, 4.69) is 5.32 Å². The number of halogens is 4. The molecule has 1 fully saturated rings. The van der Waals surface area contributed by atoms with E-state index in [4.69, 9.17) is 0 Å². The van der Waals surface area contributed by atoms with Crippen LogP contribution in [0, 0.1) is 5.82 Å². The third-order valence-corrected chi connectivity index (χ3v) is 4.49. The Bertz CT molecular complexity index is 802. The minimum absolute atomic E-state index is 0.122. The predicted molar refractivity (Wildman–Crippen MR) is 95.1 cm³/mol. The van der Waals surface area contributed by atoms with E-state index in [1.165, 1.54) is 24.3 Å². The number of benzene rings is 2. The standard InChI is InChI=1S/C19H19F4N3O/c20-15-6-2-4-8-17(15)25-9-11-26(12-10-25)18(27)13-24-16-7-3-1-5-14(16)19(21,22)23/h1-8,24H,9-13H2. The first-order valence-electron chi connectivity index (χ1n) is 8.53. The van der Waals surface area contributed by atoms with Gasteiger partial charge in [0.05, 0.1) is 17.8 Å². The Kier molecular flexibility index (Phi) is 5.53. The van der Waals surface area contributed by atoms with Crippen molar-refractivity contribution < 1.29 is 22.4 Å². The molecule has 0 atom stereocenters. The number of amides is 1. The highest BCUT2D eigenvalue weighted by Gasteiger charge is 2.33. The zero-order valence-corrected chi connectivity index (χ0v) is 14.5. The van der Waals surface area contributed by atoms with Crippen LogP contribution in [0.25, 0.3) is 0 Å². The Morgan fingerprint density at radius 3 is 2.26 bits per heavy atom. The molecule has 0 unspecified atom stereocenters. The smallest absolute Gasteiger partial charge is 0.376 e. The van der Waals surface area contributed by atoms with Gasteiger partial charge in [0.1, 0.15) is 5.82 Å². The molecular formula is C19H19F4N3O. The highest BCUT2D eigenvalue weighted by molar-refractivity contribution is 5.81. The molecule has 2 aromatic rings. The van der Waals surface area contributed by atoms with Gasteiger partial charge in [-0.15, -0.1) is 0 Å². The van der Waals surface area contributed by atoms with Gasteiger partial charge in [-0.05, 0) is 24.3 Å². The number of hydrogen-bond donors (Lipinski definition) is 1. The summed E-state index contributed by atoms with van der Waals surface area (Å²) in [6, 6.07) is 11.5. The number of hydrogen-bond acceptors (Lipinski definition) is 3. The lowest BCUT2D eigenvalue weighted by Crippen LogP contribution is -2.50. The van der Waals surface area contributed by atoms with Crippen LogP contribution in [0.5, 0.6) is 0 Å². The van der Waals surface area contributed by atoms with Crippen LogP contribution in [0.2, 0.25) is 0 Å². The van der Waals surface area contributed by atoms with Gasteiger partial charge >= 0.3 is 6.18 Å². The summed E-state index contributed by atoms with van der Waals surface area (Å²) in [5, 5.41) is 2.58. The van der Waals surface area contributed by atoms with Gasteiger partial charge in [-0.1, -0.05) is 24.3 Å². The van der Waals surface area contributed by atoms with Crippen LogP contribution in [0.15, 0.2) is 48.5 Å². The Labute approximate surface area is 154 Å². The zero-order valence-electron chi connectivity index (χ0n) is 14.5. The average Bonchev–Trinajstić information content (AvgIpc) is 2.66. The molecule has 144 valence electrons. The minimum atomic E-state index is -4.49. The molecule has 0 aromatic heterocycles. The summed E-state index contributed by atoms with van der Waals surface area (Å²) in [6.07, 6.45) is -4.49. The molecule has 8 heteroatoms. The molecule has 0 bridgehead atoms. The highest BCUT2D eigenvalue weighted by Crippen LogP contribution is 2.34. The highest BCUT2D eigenvalue weighted by atomic mass is 19.4. The SMILES string of the molecule is O=C(CNc1ccccc1C(F)(F)F)N1CCN(c2ccccc2F)CC1. The Morgan fingerprint density at radius 2 is 1.59 bits per heavy atom. The van der Waals surface area contributed by atoms with E-state index >= 15 is 0 Å². The van der Waals surface area contributed by atoms with E-state index in [0.29, 0.717) is 31.9 Å². The average molecular weight is 381 g/mol. The maximum absolute atomic E-state index is 13.8. The van der Waals surface area contributed by atoms with Crippen LogP contribution in [0.1, 0.15) is 5.56 Å². The molecule has 1 heterocycles. The van der Waals surface area contributed by atoms with E-state index in [1.807, 2.05) is 4.90 Å². The summed E-state index contributed by atoms with van der Waals surface area (Å²) in [7, 11) is 0. The normalized spacial score (nSPS) is 15.0. The number of para-hydroxylation sites is 2. The van der Waals surface area contributed by atoms with Gasteiger partial charge in [0.25, 0.3) is 0 Å². The molecule has 1 saturated heterocycles. The van der Waals surface area contributed by atoms with Gasteiger partial charge < -0.3 is 15.1 Å². The monoisotopic (exact) mass is 381 g/mol. The molecule has 0 saturated carbocycles. The number of rotatable bonds is 4. The van der Waals surface area contributed by atoms with Crippen LogP contribution >= 0.6 is 0 Å². The van der Waals surface area contributed by atoms with Crippen molar-refractivity contribution in [2.45, 2.75) is 6.18 Å². The van der Waals surface area contributed by atoms with Crippen molar-refractivity contribution in [2.24, 2.45) is 0 Å². The van der Waals surface area contributed by atoms with Gasteiger partial charge in [-0.3, -0.25) is 4.79 Å². The maximum atomic E-state index is 13.8. The molecular weight excluding hydrogens is 362 g/mol. The topological polar surface area (TPSA) is 35.6 Å². The third-order valence-electron chi connectivity index (χ3n) is 4.49. The summed E-state index contributed by atoms with van der Waals surface area (Å²) < 4.78 is 52.8. The Morgan fingerprint density at radius 1 is 0.963 bits per heavy atom. The molecule has 1 aliphatic rings. The van der Waals surface area contributed by atoms with Gasteiger partial charge in [0.2, 0.25) is 5.91 Å². The molecule has 1 N–H and O–H groups in total. The van der Waals surface area contributed by atoms with Crippen LogP contribution in [-0.4, -0.2) is 43.5 Å². The van der Waals surface area contributed by atoms with Crippen molar-refractivity contribution in [3.63, 3.8) is 0 Å². The van der Waals surface area contributed by atoms with Crippen molar-refractivity contribution in [1.29, 1.82) is 0 Å². The Balaban J connectivity index is 1.56. The van der Waals surface area contributed by atoms with Crippen molar-refractivity contribution in [3.8, 4) is 0 Å². The number of carbonyl (C=O) groups is 1. The quantitative estimate of drug-likeness (QED) is 0.822. The van der Waals surface area contributed by atoms with Gasteiger partial charge in [-0.2, -0.15) is 13.2 Å². The van der Waals surface area contributed by atoms with Crippen molar-refractivity contribution in [1.82, 2.24) is 4.90 Å². The van der Waals surface area contributed by atoms with E-state index in [1.54, 1.807) is 23.1 Å². The lowest BCUT2D eigenvalue weighted by Gasteiger charge is -2.36. The molecule has 3 rings (SSSR count). The van der Waals surface area contributed by atoms with E-state index < -0.39 is 11.7 Å². The number of nitrogens with zero attached hydrogens (tertiary/aromatic N) is 2. The fraction of sp³-hybridized carbons (Fsp3) is 0.316. The molecule has 1 aliphatic heterocycles. The second-order valence-electron chi connectivity index (χ2n) is 6.22. The first kappa shape index (κ1) is 19.0. The molecule has 27 heavy (non-hydrogen) atoms. The number of carbonyl (C=O) groups excluding carboxylic acids is 1. The summed E-state index contributed by atoms with van der Waals surface area (Å²) in [6.45, 7) is 1.47. The van der Waals surface area contributed by atoms with Crippen molar-refractivity contribution >= 4 is 17.3 Å². The maximum Gasteiger partial charge on any atom is 0.418 e. The van der Waals surface area contributed by atoms with Gasteiger partial charge in [0.15, 0.2) is 0 Å². The summed E-state index contributed by atoms with van der Waals surface area (Å²) in [5.74, 6) is -0.608. The molecule has 4 nitrogen and oxygen atoms in total. The summed E-state index contributed by atoms with van der Waals surface area (Å²) in [5.41, 5.74) is -0.438. The van der Waals surface area contributed by atoms with Gasteiger partial charge in [0, 0.05) is 31.9 Å². The summed E-state index contributed by atoms with van der Waals surface area (Å²) >= 11 is 0. The van der Waals surface area contributed by atoms with Crippen molar-refractivity contribution in [2.75, 3.05) is 42.9 Å². The first-order chi connectivity index (χ1) is 12.9. The third kappa shape index (κ3) is 4.50. The molecule has 2 aromatic carbocycles. The fourth-order valence-electron chi connectivity index (χ4n) is 3.07. The van der Waals surface area contributed by atoms with Gasteiger partial charge in [-0.25, -0.2) is 4.39 Å². The molecule has 0 spiro atoms. The molecule has 1 amide bonds. The number of alkyl halides is 3. The lowest BCUT2D eigenvalue weighted by molar-refractivity contribution is -0.137. The Hall–Kier alpha value is -2.77. The van der Waals surface area contributed by atoms with Crippen LogP contribution in [0.4, 0.5) is 28.9 Å². The van der Waals surface area contributed by atoms with Crippen LogP contribution in [-0.2, 0) is 11.0 Å². The summed E-state index contributed by atoms with van der Waals surface area (Å²) in [4.78, 5) is 15.8. The second-order valence-corrected chi connectivity index (χ2v) is 6.22. The minimum Gasteiger partial charge on any atom is -0.376 e. The van der Waals surface area contributed by atoms with E-state index in [9.17, 15) is 22.4 Å². The second kappa shape index (κ2) is 7.85. The van der Waals surface area contributed by atoms with Crippen LogP contribution in [0.3, 0.4) is 0 Å². The predicted octanol–water partition coefficient (Wildman–Crippen LogP) is 3.61.